The standard InChI is InChI=1S/C26H39N3O5/c1-4-11-18(2)28-16-10-13-26-21(20-19(34-26)12-9-14-27(3)23(20)31)24(32)29(22(26)25(28)33)15-7-5-6-8-17-30/h9-10,12-13,18-22,30H,4-8,11,14-17H2,1-3H3/t18?,19-,20+,21-,22?,26-/m0/s1. The third kappa shape index (κ3) is 4.09. The minimum atomic E-state index is -1.13. The Hall–Kier alpha value is -2.19. The minimum absolute atomic E-state index is 0.0531. The molecular weight excluding hydrogens is 434 g/mol. The number of ether oxygens (including phenoxy) is 1. The summed E-state index contributed by atoms with van der Waals surface area (Å²) in [7, 11) is 1.75. The van der Waals surface area contributed by atoms with Gasteiger partial charge in [-0.05, 0) is 26.2 Å². The van der Waals surface area contributed by atoms with E-state index in [-0.39, 0.29) is 30.4 Å². The van der Waals surface area contributed by atoms with E-state index in [2.05, 4.69) is 13.8 Å². The number of aliphatic hydroxyl groups is 1. The summed E-state index contributed by atoms with van der Waals surface area (Å²) in [6.07, 6.45) is 12.2. The highest BCUT2D eigenvalue weighted by molar-refractivity contribution is 5.99. The molecule has 4 aliphatic heterocycles. The van der Waals surface area contributed by atoms with Crippen molar-refractivity contribution in [1.29, 1.82) is 0 Å². The summed E-state index contributed by atoms with van der Waals surface area (Å²) < 4.78 is 6.60. The number of hydrogen-bond donors (Lipinski definition) is 1. The van der Waals surface area contributed by atoms with Gasteiger partial charge in [0.15, 0.2) is 0 Å². The third-order valence-electron chi connectivity index (χ3n) is 7.94. The number of unbranched alkanes of at least 4 members (excludes halogenated alkanes) is 3. The van der Waals surface area contributed by atoms with Crippen molar-refractivity contribution >= 4 is 17.7 Å². The molecule has 0 aromatic carbocycles. The summed E-state index contributed by atoms with van der Waals surface area (Å²) in [6, 6.07) is -0.711. The molecule has 2 fully saturated rings. The third-order valence-corrected chi connectivity index (χ3v) is 7.94. The molecule has 2 saturated heterocycles. The molecule has 4 aliphatic rings. The van der Waals surface area contributed by atoms with Gasteiger partial charge in [-0.2, -0.15) is 0 Å². The van der Waals surface area contributed by atoms with Crippen LogP contribution in [-0.4, -0.2) is 94.6 Å². The first-order valence-electron chi connectivity index (χ1n) is 12.9. The maximum Gasteiger partial charge on any atom is 0.249 e. The lowest BCUT2D eigenvalue weighted by Gasteiger charge is -2.37. The summed E-state index contributed by atoms with van der Waals surface area (Å²) >= 11 is 0. The number of carbonyl (C=O) groups is 3. The molecule has 1 N–H and O–H groups in total. The van der Waals surface area contributed by atoms with E-state index in [4.69, 9.17) is 9.84 Å². The number of nitrogens with zero attached hydrogens (tertiary/aromatic N) is 3. The maximum atomic E-state index is 14.1. The van der Waals surface area contributed by atoms with E-state index in [9.17, 15) is 14.4 Å². The Morgan fingerprint density at radius 3 is 2.59 bits per heavy atom. The number of likely N-dealkylation sites (tertiary alicyclic amines) is 1. The molecular formula is C26H39N3O5. The lowest BCUT2D eigenvalue weighted by molar-refractivity contribution is -0.149. The van der Waals surface area contributed by atoms with Gasteiger partial charge in [-0.3, -0.25) is 14.4 Å². The normalized spacial score (nSPS) is 33.6. The van der Waals surface area contributed by atoms with Crippen LogP contribution in [0, 0.1) is 11.8 Å². The maximum absolute atomic E-state index is 14.1. The van der Waals surface area contributed by atoms with Crippen LogP contribution in [-0.2, 0) is 19.1 Å². The Balaban J connectivity index is 1.71. The van der Waals surface area contributed by atoms with Crippen molar-refractivity contribution in [3.05, 3.63) is 24.3 Å². The number of amides is 3. The molecule has 188 valence electrons. The van der Waals surface area contributed by atoms with Crippen molar-refractivity contribution in [3.8, 4) is 0 Å². The van der Waals surface area contributed by atoms with Gasteiger partial charge in [0.1, 0.15) is 11.6 Å². The SMILES string of the molecule is CCCC(C)N1CC=C[C@]23O[C@H]4C=CCN(C)C(=O)[C@H]4[C@H]2C(=O)N(CCCCCCO)C3C1=O. The summed E-state index contributed by atoms with van der Waals surface area (Å²) in [5.41, 5.74) is -1.13. The van der Waals surface area contributed by atoms with Gasteiger partial charge >= 0.3 is 0 Å². The fraction of sp³-hybridized carbons (Fsp3) is 0.731. The average Bonchev–Trinajstić information content (AvgIpc) is 3.12. The Bertz CT molecular complexity index is 857. The predicted octanol–water partition coefficient (Wildman–Crippen LogP) is 1.74. The minimum Gasteiger partial charge on any atom is -0.396 e. The number of fused-ring (bicyclic) bond motifs is 2. The van der Waals surface area contributed by atoms with Gasteiger partial charge in [-0.1, -0.05) is 50.5 Å². The Labute approximate surface area is 202 Å². The second-order valence-corrected chi connectivity index (χ2v) is 10.2. The predicted molar refractivity (Wildman–Crippen MR) is 128 cm³/mol. The highest BCUT2D eigenvalue weighted by Gasteiger charge is 2.71. The molecule has 4 rings (SSSR count). The number of carbonyl (C=O) groups excluding carboxylic acids is 3. The summed E-state index contributed by atoms with van der Waals surface area (Å²) in [5.74, 6) is -1.68. The molecule has 0 bridgehead atoms. The van der Waals surface area contributed by atoms with Crippen LogP contribution in [0.5, 0.6) is 0 Å². The van der Waals surface area contributed by atoms with E-state index in [1.165, 1.54) is 0 Å². The van der Waals surface area contributed by atoms with Gasteiger partial charge in [0.25, 0.3) is 0 Å². The highest BCUT2D eigenvalue weighted by Crippen LogP contribution is 2.53. The van der Waals surface area contributed by atoms with E-state index < -0.39 is 29.6 Å². The van der Waals surface area contributed by atoms with E-state index >= 15 is 0 Å². The highest BCUT2D eigenvalue weighted by atomic mass is 16.5. The molecule has 0 saturated carbocycles. The molecule has 0 radical (unpaired) electrons. The lowest BCUT2D eigenvalue weighted by Crippen LogP contribution is -2.56. The first kappa shape index (κ1) is 24.9. The number of aliphatic hydroxyl groups excluding tert-OH is 1. The molecule has 0 aliphatic carbocycles. The van der Waals surface area contributed by atoms with Gasteiger partial charge < -0.3 is 24.5 Å². The summed E-state index contributed by atoms with van der Waals surface area (Å²) in [5, 5.41) is 9.07. The van der Waals surface area contributed by atoms with Gasteiger partial charge in [-0.15, -0.1) is 0 Å². The average molecular weight is 474 g/mol. The molecule has 34 heavy (non-hydrogen) atoms. The topological polar surface area (TPSA) is 90.4 Å². The monoisotopic (exact) mass is 473 g/mol. The van der Waals surface area contributed by atoms with Gasteiger partial charge in [0.2, 0.25) is 17.7 Å². The van der Waals surface area contributed by atoms with Crippen LogP contribution in [0.25, 0.3) is 0 Å². The van der Waals surface area contributed by atoms with Crippen molar-refractivity contribution in [2.24, 2.45) is 11.8 Å². The largest absolute Gasteiger partial charge is 0.396 e. The molecule has 8 nitrogen and oxygen atoms in total. The van der Waals surface area contributed by atoms with E-state index in [0.717, 1.165) is 38.5 Å². The number of hydrogen-bond acceptors (Lipinski definition) is 5. The zero-order valence-electron chi connectivity index (χ0n) is 20.7. The van der Waals surface area contributed by atoms with Crippen LogP contribution >= 0.6 is 0 Å². The Kier molecular flexibility index (Phi) is 7.48. The van der Waals surface area contributed by atoms with Crippen molar-refractivity contribution in [3.63, 3.8) is 0 Å². The second-order valence-electron chi connectivity index (χ2n) is 10.2. The van der Waals surface area contributed by atoms with E-state index in [1.807, 2.05) is 29.2 Å². The molecule has 6 atom stereocenters. The van der Waals surface area contributed by atoms with Crippen LogP contribution < -0.4 is 0 Å². The first-order chi connectivity index (χ1) is 16.4. The van der Waals surface area contributed by atoms with Crippen LogP contribution in [0.3, 0.4) is 0 Å². The first-order valence-corrected chi connectivity index (χ1v) is 12.9. The number of rotatable bonds is 9. The molecule has 2 unspecified atom stereocenters. The quantitative estimate of drug-likeness (QED) is 0.407. The van der Waals surface area contributed by atoms with Crippen molar-refractivity contribution in [2.45, 2.75) is 76.2 Å². The summed E-state index contributed by atoms with van der Waals surface area (Å²) in [6.45, 7) is 5.73. The molecule has 0 aromatic rings. The molecule has 0 aromatic heterocycles. The fourth-order valence-corrected chi connectivity index (χ4v) is 6.24. The van der Waals surface area contributed by atoms with Crippen LogP contribution in [0.15, 0.2) is 24.3 Å². The lowest BCUT2D eigenvalue weighted by atomic mass is 9.77. The zero-order chi connectivity index (χ0) is 24.5. The van der Waals surface area contributed by atoms with Crippen molar-refractivity contribution < 1.29 is 24.2 Å². The molecule has 4 heterocycles. The second kappa shape index (κ2) is 10.2. The van der Waals surface area contributed by atoms with Gasteiger partial charge in [0.05, 0.1) is 17.9 Å². The van der Waals surface area contributed by atoms with Crippen LogP contribution in [0.1, 0.15) is 52.4 Å². The smallest absolute Gasteiger partial charge is 0.249 e. The van der Waals surface area contributed by atoms with Crippen LogP contribution in [0.2, 0.25) is 0 Å². The van der Waals surface area contributed by atoms with Crippen molar-refractivity contribution in [2.75, 3.05) is 33.3 Å². The fourth-order valence-electron chi connectivity index (χ4n) is 6.24. The van der Waals surface area contributed by atoms with Gasteiger partial charge in [-0.25, -0.2) is 0 Å². The zero-order valence-corrected chi connectivity index (χ0v) is 20.7. The van der Waals surface area contributed by atoms with E-state index in [1.54, 1.807) is 16.8 Å². The van der Waals surface area contributed by atoms with Crippen LogP contribution in [0.4, 0.5) is 0 Å². The number of likely N-dealkylation sites (N-methyl/N-ethyl adjacent to an activating group) is 1. The molecule has 8 heteroatoms. The molecule has 1 spiro atoms. The summed E-state index contributed by atoms with van der Waals surface area (Å²) in [4.78, 5) is 46.6. The Morgan fingerprint density at radius 2 is 1.85 bits per heavy atom. The Morgan fingerprint density at radius 1 is 1.09 bits per heavy atom. The van der Waals surface area contributed by atoms with Gasteiger partial charge in [0, 0.05) is 39.3 Å². The molecule has 3 amide bonds. The van der Waals surface area contributed by atoms with E-state index in [0.29, 0.717) is 19.6 Å². The van der Waals surface area contributed by atoms with Crippen molar-refractivity contribution in [1.82, 2.24) is 14.7 Å².